The van der Waals surface area contributed by atoms with Crippen LogP contribution in [0.1, 0.15) is 36.5 Å². The standard InChI is InChI=1S/C22H22BrNO3S2/c1-13(2)16-6-4-14(3)10-19(16)27-9-8-26-18-7-5-15(11-17(18)23)12-20-21(25)24-22(28)29-20/h4-7,10-13H,8-9H2,1-3H3,(H,24,25,28)/b20-12-. The molecule has 1 N–H and O–H groups in total. The lowest BCUT2D eigenvalue weighted by Crippen LogP contribution is -2.17. The minimum absolute atomic E-state index is 0.162. The van der Waals surface area contributed by atoms with E-state index in [1.165, 1.54) is 22.9 Å². The molecule has 1 aliphatic rings. The topological polar surface area (TPSA) is 47.6 Å². The third kappa shape index (κ3) is 5.84. The fourth-order valence-corrected chi connectivity index (χ4v) is 4.40. The van der Waals surface area contributed by atoms with Crippen LogP contribution in [0.15, 0.2) is 45.8 Å². The maximum absolute atomic E-state index is 11.8. The Kier molecular flexibility index (Phi) is 7.38. The number of rotatable bonds is 7. The zero-order chi connectivity index (χ0) is 21.0. The molecule has 0 aromatic heterocycles. The minimum Gasteiger partial charge on any atom is -0.490 e. The Labute approximate surface area is 189 Å². The van der Waals surface area contributed by atoms with E-state index in [-0.39, 0.29) is 5.91 Å². The van der Waals surface area contributed by atoms with Crippen molar-refractivity contribution in [3.63, 3.8) is 0 Å². The monoisotopic (exact) mass is 491 g/mol. The number of amides is 1. The number of aryl methyl sites for hydroxylation is 1. The molecule has 0 bridgehead atoms. The highest BCUT2D eigenvalue weighted by Gasteiger charge is 2.22. The summed E-state index contributed by atoms with van der Waals surface area (Å²) in [5.74, 6) is 1.88. The lowest BCUT2D eigenvalue weighted by atomic mass is 10.0. The summed E-state index contributed by atoms with van der Waals surface area (Å²) in [6, 6.07) is 12.0. The number of nitrogens with one attached hydrogen (secondary N) is 1. The van der Waals surface area contributed by atoms with Crippen LogP contribution in [0.3, 0.4) is 0 Å². The van der Waals surface area contributed by atoms with Crippen LogP contribution < -0.4 is 14.8 Å². The van der Waals surface area contributed by atoms with E-state index >= 15 is 0 Å². The number of halogens is 1. The fraction of sp³-hybridized carbons (Fsp3) is 0.273. The molecule has 2 aromatic rings. The van der Waals surface area contributed by atoms with Gasteiger partial charge in [-0.1, -0.05) is 56.0 Å². The molecule has 3 rings (SSSR count). The number of carbonyl (C=O) groups is 1. The van der Waals surface area contributed by atoms with Crippen molar-refractivity contribution in [1.82, 2.24) is 5.32 Å². The average molecular weight is 492 g/mol. The summed E-state index contributed by atoms with van der Waals surface area (Å²) in [6.45, 7) is 7.25. The predicted octanol–water partition coefficient (Wildman–Crippen LogP) is 5.83. The smallest absolute Gasteiger partial charge is 0.263 e. The number of hydrogen-bond acceptors (Lipinski definition) is 5. The first-order valence-electron chi connectivity index (χ1n) is 9.24. The largest absolute Gasteiger partial charge is 0.490 e. The number of benzene rings is 2. The highest BCUT2D eigenvalue weighted by atomic mass is 79.9. The Morgan fingerprint density at radius 3 is 2.48 bits per heavy atom. The third-order valence-electron chi connectivity index (χ3n) is 4.29. The Balaban J connectivity index is 1.58. The van der Waals surface area contributed by atoms with Crippen LogP contribution in [0.5, 0.6) is 11.5 Å². The normalized spacial score (nSPS) is 15.1. The number of hydrogen-bond donors (Lipinski definition) is 1. The van der Waals surface area contributed by atoms with Crippen LogP contribution in [0.4, 0.5) is 0 Å². The number of thioether (sulfide) groups is 1. The van der Waals surface area contributed by atoms with Gasteiger partial charge in [-0.05, 0) is 69.7 Å². The second-order valence-electron chi connectivity index (χ2n) is 6.93. The van der Waals surface area contributed by atoms with Gasteiger partial charge < -0.3 is 14.8 Å². The van der Waals surface area contributed by atoms with Crippen molar-refractivity contribution in [2.75, 3.05) is 13.2 Å². The van der Waals surface area contributed by atoms with Gasteiger partial charge in [0, 0.05) is 0 Å². The third-order valence-corrected chi connectivity index (χ3v) is 6.07. The van der Waals surface area contributed by atoms with E-state index in [4.69, 9.17) is 21.7 Å². The lowest BCUT2D eigenvalue weighted by molar-refractivity contribution is -0.115. The highest BCUT2D eigenvalue weighted by molar-refractivity contribution is 9.10. The molecule has 1 saturated heterocycles. The summed E-state index contributed by atoms with van der Waals surface area (Å²) < 4.78 is 13.1. The van der Waals surface area contributed by atoms with Crippen molar-refractivity contribution in [1.29, 1.82) is 0 Å². The molecule has 29 heavy (non-hydrogen) atoms. The summed E-state index contributed by atoms with van der Waals surface area (Å²) in [5.41, 5.74) is 3.26. The summed E-state index contributed by atoms with van der Waals surface area (Å²) in [6.07, 6.45) is 1.81. The van der Waals surface area contributed by atoms with Gasteiger partial charge >= 0.3 is 0 Å². The van der Waals surface area contributed by atoms with E-state index in [0.717, 1.165) is 21.5 Å². The first-order valence-corrected chi connectivity index (χ1v) is 11.3. The van der Waals surface area contributed by atoms with Crippen LogP contribution in [-0.4, -0.2) is 23.4 Å². The maximum atomic E-state index is 11.8. The van der Waals surface area contributed by atoms with Gasteiger partial charge in [-0.3, -0.25) is 4.79 Å². The van der Waals surface area contributed by atoms with Crippen molar-refractivity contribution in [3.05, 3.63) is 62.5 Å². The van der Waals surface area contributed by atoms with Gasteiger partial charge in [0.15, 0.2) is 0 Å². The van der Waals surface area contributed by atoms with Gasteiger partial charge in [-0.25, -0.2) is 0 Å². The molecule has 1 heterocycles. The van der Waals surface area contributed by atoms with E-state index in [1.54, 1.807) is 0 Å². The van der Waals surface area contributed by atoms with E-state index in [2.05, 4.69) is 60.2 Å². The Morgan fingerprint density at radius 1 is 1.14 bits per heavy atom. The quantitative estimate of drug-likeness (QED) is 0.300. The molecule has 0 saturated carbocycles. The van der Waals surface area contributed by atoms with Gasteiger partial charge in [0.05, 0.1) is 9.38 Å². The van der Waals surface area contributed by atoms with E-state index in [0.29, 0.717) is 28.4 Å². The SMILES string of the molecule is Cc1ccc(C(C)C)c(OCCOc2ccc(/C=C3\SC(=S)NC3=O)cc2Br)c1. The van der Waals surface area contributed by atoms with Gasteiger partial charge in [0.2, 0.25) is 0 Å². The van der Waals surface area contributed by atoms with Crippen molar-refractivity contribution in [2.24, 2.45) is 0 Å². The van der Waals surface area contributed by atoms with Crippen molar-refractivity contribution < 1.29 is 14.3 Å². The van der Waals surface area contributed by atoms with Gasteiger partial charge in [0.1, 0.15) is 29.0 Å². The molecule has 1 amide bonds. The summed E-state index contributed by atoms with van der Waals surface area (Å²) in [7, 11) is 0. The lowest BCUT2D eigenvalue weighted by Gasteiger charge is -2.15. The second-order valence-corrected chi connectivity index (χ2v) is 9.51. The molecule has 0 atom stereocenters. The van der Waals surface area contributed by atoms with Crippen molar-refractivity contribution in [3.8, 4) is 11.5 Å². The molecular weight excluding hydrogens is 470 g/mol. The van der Waals surface area contributed by atoms with Crippen LogP contribution >= 0.6 is 39.9 Å². The van der Waals surface area contributed by atoms with Crippen LogP contribution in [0.2, 0.25) is 0 Å². The first kappa shape index (κ1) is 21.9. The van der Waals surface area contributed by atoms with Crippen LogP contribution in [-0.2, 0) is 4.79 Å². The van der Waals surface area contributed by atoms with E-state index in [1.807, 2.05) is 24.3 Å². The molecule has 4 nitrogen and oxygen atoms in total. The summed E-state index contributed by atoms with van der Waals surface area (Å²) in [5, 5.41) is 2.61. The van der Waals surface area contributed by atoms with E-state index in [9.17, 15) is 4.79 Å². The second kappa shape index (κ2) is 9.78. The van der Waals surface area contributed by atoms with Crippen LogP contribution in [0.25, 0.3) is 6.08 Å². The average Bonchev–Trinajstić information content (AvgIpc) is 2.97. The first-order chi connectivity index (χ1) is 13.8. The fourth-order valence-electron chi connectivity index (χ4n) is 2.84. The molecule has 7 heteroatoms. The zero-order valence-corrected chi connectivity index (χ0v) is 19.7. The van der Waals surface area contributed by atoms with Crippen LogP contribution in [0, 0.1) is 6.92 Å². The summed E-state index contributed by atoms with van der Waals surface area (Å²) >= 11 is 9.81. The number of thiocarbonyl (C=S) groups is 1. The molecule has 0 unspecified atom stereocenters. The van der Waals surface area contributed by atoms with Gasteiger partial charge in [-0.2, -0.15) is 0 Å². The molecule has 152 valence electrons. The Hall–Kier alpha value is -1.83. The van der Waals surface area contributed by atoms with Gasteiger partial charge in [-0.15, -0.1) is 0 Å². The Bertz CT molecular complexity index is 973. The highest BCUT2D eigenvalue weighted by Crippen LogP contribution is 2.31. The zero-order valence-electron chi connectivity index (χ0n) is 16.5. The van der Waals surface area contributed by atoms with Gasteiger partial charge in [0.25, 0.3) is 5.91 Å². The van der Waals surface area contributed by atoms with Crippen molar-refractivity contribution >= 4 is 56.2 Å². The number of carbonyl (C=O) groups excluding carboxylic acids is 1. The number of ether oxygens (including phenoxy) is 2. The molecule has 1 fully saturated rings. The van der Waals surface area contributed by atoms with E-state index < -0.39 is 0 Å². The molecular formula is C22H22BrNO3S2. The molecule has 0 aliphatic carbocycles. The Morgan fingerprint density at radius 2 is 1.86 bits per heavy atom. The minimum atomic E-state index is -0.162. The predicted molar refractivity (Wildman–Crippen MR) is 127 cm³/mol. The summed E-state index contributed by atoms with van der Waals surface area (Å²) in [4.78, 5) is 12.4. The molecule has 1 aliphatic heterocycles. The van der Waals surface area contributed by atoms with Crippen molar-refractivity contribution in [2.45, 2.75) is 26.7 Å². The molecule has 2 aromatic carbocycles. The molecule has 0 spiro atoms. The maximum Gasteiger partial charge on any atom is 0.263 e. The molecule has 0 radical (unpaired) electrons.